The molecule has 0 aromatic carbocycles. The summed E-state index contributed by atoms with van der Waals surface area (Å²) in [4.78, 5) is 11.4. The second-order valence-electron chi connectivity index (χ2n) is 5.06. The SMILES string of the molecule is CCCNC(=O)CCNC1CCOC(CCC)C1. The van der Waals surface area contributed by atoms with E-state index in [4.69, 9.17) is 4.74 Å². The van der Waals surface area contributed by atoms with Gasteiger partial charge in [0.2, 0.25) is 5.91 Å². The molecule has 0 saturated carbocycles. The van der Waals surface area contributed by atoms with Crippen molar-refractivity contribution in [1.82, 2.24) is 10.6 Å². The molecule has 1 fully saturated rings. The maximum absolute atomic E-state index is 11.4. The molecule has 1 saturated heterocycles. The Bertz CT molecular complexity index is 232. The quantitative estimate of drug-likeness (QED) is 0.697. The van der Waals surface area contributed by atoms with Gasteiger partial charge in [-0.2, -0.15) is 0 Å². The molecule has 0 radical (unpaired) electrons. The molecule has 0 bridgehead atoms. The third-order valence-electron chi connectivity index (χ3n) is 3.34. The van der Waals surface area contributed by atoms with Gasteiger partial charge in [-0.15, -0.1) is 0 Å². The number of carbonyl (C=O) groups is 1. The number of ether oxygens (including phenoxy) is 1. The van der Waals surface area contributed by atoms with Crippen molar-refractivity contribution in [2.24, 2.45) is 0 Å². The van der Waals surface area contributed by atoms with Crippen molar-refractivity contribution in [2.75, 3.05) is 19.7 Å². The molecule has 2 unspecified atom stereocenters. The fourth-order valence-corrected chi connectivity index (χ4v) is 2.33. The zero-order valence-electron chi connectivity index (χ0n) is 11.8. The van der Waals surface area contributed by atoms with E-state index in [0.29, 0.717) is 18.6 Å². The Kier molecular flexibility index (Phi) is 8.01. The Morgan fingerprint density at radius 3 is 2.83 bits per heavy atom. The van der Waals surface area contributed by atoms with E-state index in [-0.39, 0.29) is 5.91 Å². The molecule has 4 nitrogen and oxygen atoms in total. The third-order valence-corrected chi connectivity index (χ3v) is 3.34. The van der Waals surface area contributed by atoms with Crippen molar-refractivity contribution in [1.29, 1.82) is 0 Å². The zero-order valence-corrected chi connectivity index (χ0v) is 11.8. The van der Waals surface area contributed by atoms with Gasteiger partial charge < -0.3 is 15.4 Å². The Morgan fingerprint density at radius 1 is 1.28 bits per heavy atom. The number of rotatable bonds is 8. The van der Waals surface area contributed by atoms with Crippen LogP contribution in [0.25, 0.3) is 0 Å². The lowest BCUT2D eigenvalue weighted by atomic mass is 10.00. The summed E-state index contributed by atoms with van der Waals surface area (Å²) in [6.07, 6.45) is 6.47. The number of hydrogen-bond donors (Lipinski definition) is 2. The van der Waals surface area contributed by atoms with E-state index in [0.717, 1.165) is 45.4 Å². The molecule has 0 spiro atoms. The highest BCUT2D eigenvalue weighted by Gasteiger charge is 2.21. The minimum atomic E-state index is 0.154. The van der Waals surface area contributed by atoms with Crippen LogP contribution in [0.15, 0.2) is 0 Å². The first-order valence-corrected chi connectivity index (χ1v) is 7.38. The van der Waals surface area contributed by atoms with Gasteiger partial charge >= 0.3 is 0 Å². The van der Waals surface area contributed by atoms with Gasteiger partial charge in [-0.3, -0.25) is 4.79 Å². The predicted molar refractivity (Wildman–Crippen MR) is 73.6 cm³/mol. The molecular weight excluding hydrogens is 228 g/mol. The second-order valence-corrected chi connectivity index (χ2v) is 5.06. The smallest absolute Gasteiger partial charge is 0.221 e. The van der Waals surface area contributed by atoms with E-state index >= 15 is 0 Å². The summed E-state index contributed by atoms with van der Waals surface area (Å²) in [5.74, 6) is 0.154. The summed E-state index contributed by atoms with van der Waals surface area (Å²) < 4.78 is 5.71. The Balaban J connectivity index is 2.09. The average molecular weight is 256 g/mol. The molecule has 0 aliphatic carbocycles. The standard InChI is InChI=1S/C14H28N2O2/c1-3-5-13-11-12(7-10-18-13)15-9-6-14(17)16-8-4-2/h12-13,15H,3-11H2,1-2H3,(H,16,17). The van der Waals surface area contributed by atoms with Gasteiger partial charge in [-0.25, -0.2) is 0 Å². The van der Waals surface area contributed by atoms with Gasteiger partial charge in [0, 0.05) is 32.2 Å². The van der Waals surface area contributed by atoms with Crippen LogP contribution in [0.4, 0.5) is 0 Å². The zero-order chi connectivity index (χ0) is 13.2. The van der Waals surface area contributed by atoms with Crippen LogP contribution >= 0.6 is 0 Å². The topological polar surface area (TPSA) is 50.4 Å². The minimum absolute atomic E-state index is 0.154. The van der Waals surface area contributed by atoms with Crippen molar-refractivity contribution < 1.29 is 9.53 Å². The molecule has 1 aliphatic rings. The maximum Gasteiger partial charge on any atom is 0.221 e. The van der Waals surface area contributed by atoms with Crippen LogP contribution in [0.5, 0.6) is 0 Å². The molecule has 2 atom stereocenters. The molecule has 2 N–H and O–H groups in total. The van der Waals surface area contributed by atoms with Crippen molar-refractivity contribution in [3.8, 4) is 0 Å². The van der Waals surface area contributed by atoms with Crippen molar-refractivity contribution in [3.05, 3.63) is 0 Å². The van der Waals surface area contributed by atoms with E-state index in [1.54, 1.807) is 0 Å². The molecule has 0 aromatic heterocycles. The summed E-state index contributed by atoms with van der Waals surface area (Å²) in [5, 5.41) is 6.37. The Hall–Kier alpha value is -0.610. The average Bonchev–Trinajstić information content (AvgIpc) is 2.37. The van der Waals surface area contributed by atoms with E-state index in [1.165, 1.54) is 6.42 Å². The van der Waals surface area contributed by atoms with Gasteiger partial charge in [0.15, 0.2) is 0 Å². The van der Waals surface area contributed by atoms with Gasteiger partial charge in [0.1, 0.15) is 0 Å². The molecule has 106 valence electrons. The van der Waals surface area contributed by atoms with Crippen LogP contribution in [0.3, 0.4) is 0 Å². The van der Waals surface area contributed by atoms with E-state index in [9.17, 15) is 4.79 Å². The summed E-state index contributed by atoms with van der Waals surface area (Å²) in [6.45, 7) is 6.67. The maximum atomic E-state index is 11.4. The van der Waals surface area contributed by atoms with Crippen LogP contribution < -0.4 is 10.6 Å². The molecule has 18 heavy (non-hydrogen) atoms. The molecule has 1 aliphatic heterocycles. The van der Waals surface area contributed by atoms with Crippen LogP contribution in [0.2, 0.25) is 0 Å². The van der Waals surface area contributed by atoms with E-state index in [1.807, 2.05) is 0 Å². The summed E-state index contributed by atoms with van der Waals surface area (Å²) in [6, 6.07) is 0.522. The fraction of sp³-hybridized carbons (Fsp3) is 0.929. The highest BCUT2D eigenvalue weighted by molar-refractivity contribution is 5.75. The predicted octanol–water partition coefficient (Wildman–Crippen LogP) is 1.84. The van der Waals surface area contributed by atoms with Crippen LogP contribution in [-0.2, 0) is 9.53 Å². The van der Waals surface area contributed by atoms with Crippen molar-refractivity contribution in [3.63, 3.8) is 0 Å². The first-order chi connectivity index (χ1) is 8.76. The normalized spacial score (nSPS) is 23.9. The molecule has 0 aromatic rings. The number of amides is 1. The molecule has 1 heterocycles. The largest absolute Gasteiger partial charge is 0.378 e. The van der Waals surface area contributed by atoms with Crippen LogP contribution in [0, 0.1) is 0 Å². The number of nitrogens with one attached hydrogen (secondary N) is 2. The minimum Gasteiger partial charge on any atom is -0.378 e. The molecule has 1 amide bonds. The summed E-state index contributed by atoms with van der Waals surface area (Å²) >= 11 is 0. The highest BCUT2D eigenvalue weighted by atomic mass is 16.5. The van der Waals surface area contributed by atoms with Gasteiger partial charge in [-0.1, -0.05) is 20.3 Å². The van der Waals surface area contributed by atoms with Gasteiger partial charge in [0.25, 0.3) is 0 Å². The van der Waals surface area contributed by atoms with Crippen molar-refractivity contribution >= 4 is 5.91 Å². The number of carbonyl (C=O) groups excluding carboxylic acids is 1. The van der Waals surface area contributed by atoms with Crippen LogP contribution in [-0.4, -0.2) is 37.7 Å². The van der Waals surface area contributed by atoms with Gasteiger partial charge in [0.05, 0.1) is 6.10 Å². The fourth-order valence-electron chi connectivity index (χ4n) is 2.33. The highest BCUT2D eigenvalue weighted by Crippen LogP contribution is 2.17. The van der Waals surface area contributed by atoms with Crippen molar-refractivity contribution in [2.45, 2.75) is 64.5 Å². The first kappa shape index (κ1) is 15.4. The number of hydrogen-bond acceptors (Lipinski definition) is 3. The Labute approximate surface area is 111 Å². The lowest BCUT2D eigenvalue weighted by Crippen LogP contribution is -2.40. The van der Waals surface area contributed by atoms with Crippen LogP contribution in [0.1, 0.15) is 52.4 Å². The van der Waals surface area contributed by atoms with E-state index < -0.39 is 0 Å². The summed E-state index contributed by atoms with van der Waals surface area (Å²) in [7, 11) is 0. The lowest BCUT2D eigenvalue weighted by Gasteiger charge is -2.30. The monoisotopic (exact) mass is 256 g/mol. The first-order valence-electron chi connectivity index (χ1n) is 7.38. The van der Waals surface area contributed by atoms with E-state index in [2.05, 4.69) is 24.5 Å². The summed E-state index contributed by atoms with van der Waals surface area (Å²) in [5.41, 5.74) is 0. The lowest BCUT2D eigenvalue weighted by molar-refractivity contribution is -0.121. The Morgan fingerprint density at radius 2 is 2.11 bits per heavy atom. The third kappa shape index (κ3) is 6.36. The molecule has 4 heteroatoms. The van der Waals surface area contributed by atoms with Gasteiger partial charge in [-0.05, 0) is 25.7 Å². The molecule has 1 rings (SSSR count). The second kappa shape index (κ2) is 9.34. The molecular formula is C14H28N2O2.